The van der Waals surface area contributed by atoms with E-state index in [9.17, 15) is 9.59 Å². The lowest BCUT2D eigenvalue weighted by Gasteiger charge is -2.03. The van der Waals surface area contributed by atoms with E-state index in [4.69, 9.17) is 21.7 Å². The van der Waals surface area contributed by atoms with Gasteiger partial charge in [-0.25, -0.2) is 0 Å². The maximum atomic E-state index is 10.3. The Balaban J connectivity index is 0. The number of nitrogens with two attached hydrogens (primary N) is 2. The first kappa shape index (κ1) is 31.0. The molecule has 0 heterocycles. The van der Waals surface area contributed by atoms with Crippen molar-refractivity contribution in [2.45, 2.75) is 135 Å². The van der Waals surface area contributed by atoms with E-state index in [2.05, 4.69) is 6.92 Å². The molecule has 0 saturated carbocycles. The van der Waals surface area contributed by atoms with E-state index in [0.29, 0.717) is 19.4 Å². The third-order valence-corrected chi connectivity index (χ3v) is 5.28. The molecule has 0 rings (SSSR count). The van der Waals surface area contributed by atoms with Crippen molar-refractivity contribution in [3.8, 4) is 0 Å². The first-order valence-electron chi connectivity index (χ1n) is 12.4. The summed E-state index contributed by atoms with van der Waals surface area (Å²) in [5.74, 6) is -1.59. The lowest BCUT2D eigenvalue weighted by atomic mass is 10.0. The number of carbonyl (C=O) groups is 2. The second-order valence-corrected chi connectivity index (χ2v) is 8.32. The van der Waals surface area contributed by atoms with Gasteiger partial charge < -0.3 is 21.7 Å². The summed E-state index contributed by atoms with van der Waals surface area (Å²) in [6.07, 6.45) is 22.4. The molecule has 0 spiro atoms. The average Bonchev–Trinajstić information content (AvgIpc) is 2.71. The zero-order valence-electron chi connectivity index (χ0n) is 19.6. The van der Waals surface area contributed by atoms with Crippen molar-refractivity contribution in [1.82, 2.24) is 0 Å². The van der Waals surface area contributed by atoms with Crippen LogP contribution in [-0.2, 0) is 9.59 Å². The first-order valence-corrected chi connectivity index (χ1v) is 12.4. The summed E-state index contributed by atoms with van der Waals surface area (Å²) in [5, 5.41) is 16.8. The molecule has 6 heteroatoms. The molecule has 0 aliphatic carbocycles. The Kier molecular flexibility index (Phi) is 26.8. The van der Waals surface area contributed by atoms with Crippen molar-refractivity contribution in [3.63, 3.8) is 0 Å². The Bertz CT molecular complexity index is 378. The summed E-state index contributed by atoms with van der Waals surface area (Å²) in [6, 6.07) is -0.716. The number of hydrogen-bond acceptors (Lipinski definition) is 4. The summed E-state index contributed by atoms with van der Waals surface area (Å²) in [5.41, 5.74) is 10.4. The second kappa shape index (κ2) is 25.9. The van der Waals surface area contributed by atoms with E-state index in [1.165, 1.54) is 83.5 Å². The van der Waals surface area contributed by atoms with E-state index in [0.717, 1.165) is 25.7 Å². The maximum absolute atomic E-state index is 10.3. The molecule has 0 aromatic rings. The second-order valence-electron chi connectivity index (χ2n) is 8.32. The van der Waals surface area contributed by atoms with E-state index in [1.54, 1.807) is 0 Å². The van der Waals surface area contributed by atoms with Crippen LogP contribution in [0.4, 0.5) is 0 Å². The van der Waals surface area contributed by atoms with Gasteiger partial charge in [-0.3, -0.25) is 9.59 Å². The van der Waals surface area contributed by atoms with Crippen molar-refractivity contribution >= 4 is 11.9 Å². The van der Waals surface area contributed by atoms with Gasteiger partial charge in [0.2, 0.25) is 0 Å². The molecule has 180 valence electrons. The highest BCUT2D eigenvalue weighted by Gasteiger charge is 2.09. The molecule has 0 amide bonds. The Hall–Kier alpha value is -1.14. The molecule has 0 bridgehead atoms. The standard InChI is InChI=1S/C18H36O2.C6H14N2O2/c1-2-3-4-5-6-7-8-9-10-11-12-13-14-15-16-17-18(19)20;7-4-2-1-3-5(8)6(9)10/h2-17H2,1H3,(H,19,20);5H,1-4,7-8H2,(H,9,10)/t;5-/m.0/s1. The van der Waals surface area contributed by atoms with E-state index >= 15 is 0 Å². The van der Waals surface area contributed by atoms with Crippen LogP contribution in [-0.4, -0.2) is 34.7 Å². The van der Waals surface area contributed by atoms with E-state index < -0.39 is 18.0 Å². The molecule has 1 atom stereocenters. The molecular formula is C24H50N2O4. The third kappa shape index (κ3) is 29.1. The van der Waals surface area contributed by atoms with Crippen LogP contribution < -0.4 is 11.5 Å². The molecular weight excluding hydrogens is 380 g/mol. The number of carboxylic acids is 2. The lowest BCUT2D eigenvalue weighted by Crippen LogP contribution is -2.29. The normalized spacial score (nSPS) is 11.6. The minimum atomic E-state index is -0.933. The molecule has 0 aliphatic rings. The van der Waals surface area contributed by atoms with Crippen molar-refractivity contribution < 1.29 is 19.8 Å². The number of aliphatic carboxylic acids is 2. The third-order valence-electron chi connectivity index (χ3n) is 5.28. The fourth-order valence-electron chi connectivity index (χ4n) is 3.28. The van der Waals surface area contributed by atoms with Gasteiger partial charge in [0.05, 0.1) is 0 Å². The highest BCUT2D eigenvalue weighted by Crippen LogP contribution is 2.13. The quantitative estimate of drug-likeness (QED) is 0.169. The van der Waals surface area contributed by atoms with Crippen LogP contribution in [0, 0.1) is 0 Å². The van der Waals surface area contributed by atoms with Crippen LogP contribution in [0.15, 0.2) is 0 Å². The molecule has 0 fully saturated rings. The number of hydrogen-bond donors (Lipinski definition) is 4. The molecule has 0 aromatic heterocycles. The van der Waals surface area contributed by atoms with Gasteiger partial charge in [-0.15, -0.1) is 0 Å². The maximum Gasteiger partial charge on any atom is 0.320 e. The lowest BCUT2D eigenvalue weighted by molar-refractivity contribution is -0.139. The van der Waals surface area contributed by atoms with Gasteiger partial charge in [-0.1, -0.05) is 103 Å². The van der Waals surface area contributed by atoms with Gasteiger partial charge in [-0.2, -0.15) is 0 Å². The van der Waals surface area contributed by atoms with Gasteiger partial charge in [0.15, 0.2) is 0 Å². The molecule has 0 saturated heterocycles. The predicted octanol–water partition coefficient (Wildman–Crippen LogP) is 5.86. The zero-order valence-corrected chi connectivity index (χ0v) is 19.6. The predicted molar refractivity (Wildman–Crippen MR) is 126 cm³/mol. The summed E-state index contributed by atoms with van der Waals surface area (Å²) < 4.78 is 0. The number of unbranched alkanes of at least 4 members (excludes halogenated alkanes) is 15. The summed E-state index contributed by atoms with van der Waals surface area (Å²) in [6.45, 7) is 2.87. The fourth-order valence-corrected chi connectivity index (χ4v) is 3.28. The topological polar surface area (TPSA) is 127 Å². The molecule has 30 heavy (non-hydrogen) atoms. The monoisotopic (exact) mass is 430 g/mol. The highest BCUT2D eigenvalue weighted by atomic mass is 16.4. The van der Waals surface area contributed by atoms with Gasteiger partial charge >= 0.3 is 11.9 Å². The van der Waals surface area contributed by atoms with E-state index in [1.807, 2.05) is 0 Å². The first-order chi connectivity index (χ1) is 14.5. The molecule has 6 N–H and O–H groups in total. The van der Waals surface area contributed by atoms with Crippen LogP contribution in [0.1, 0.15) is 129 Å². The fraction of sp³-hybridized carbons (Fsp3) is 0.917. The minimum absolute atomic E-state index is 0.345. The summed E-state index contributed by atoms with van der Waals surface area (Å²) in [7, 11) is 0. The van der Waals surface area contributed by atoms with E-state index in [-0.39, 0.29) is 0 Å². The van der Waals surface area contributed by atoms with Gasteiger partial charge in [0.25, 0.3) is 0 Å². The van der Waals surface area contributed by atoms with Gasteiger partial charge in [0.1, 0.15) is 6.04 Å². The van der Waals surface area contributed by atoms with Crippen molar-refractivity contribution in [2.24, 2.45) is 11.5 Å². The Morgan fingerprint density at radius 1 is 0.667 bits per heavy atom. The van der Waals surface area contributed by atoms with Crippen LogP contribution in [0.5, 0.6) is 0 Å². The van der Waals surface area contributed by atoms with Crippen LogP contribution in [0.3, 0.4) is 0 Å². The number of rotatable bonds is 21. The Labute approximate surface area is 185 Å². The molecule has 6 nitrogen and oxygen atoms in total. The van der Waals surface area contributed by atoms with Crippen molar-refractivity contribution in [3.05, 3.63) is 0 Å². The van der Waals surface area contributed by atoms with Crippen LogP contribution in [0.25, 0.3) is 0 Å². The minimum Gasteiger partial charge on any atom is -0.481 e. The largest absolute Gasteiger partial charge is 0.481 e. The SMILES string of the molecule is CCCCCCCCCCCCCCCCCC(=O)O.NCCCC[C@H](N)C(=O)O. The Morgan fingerprint density at radius 3 is 1.40 bits per heavy atom. The van der Waals surface area contributed by atoms with Crippen molar-refractivity contribution in [2.75, 3.05) is 6.54 Å². The van der Waals surface area contributed by atoms with Crippen LogP contribution in [0.2, 0.25) is 0 Å². The molecule has 0 unspecified atom stereocenters. The molecule has 0 aromatic carbocycles. The van der Waals surface area contributed by atoms with Gasteiger partial charge in [0, 0.05) is 6.42 Å². The highest BCUT2D eigenvalue weighted by molar-refractivity contribution is 5.72. The Morgan fingerprint density at radius 2 is 1.07 bits per heavy atom. The zero-order chi connectivity index (χ0) is 22.9. The summed E-state index contributed by atoms with van der Waals surface area (Å²) in [4.78, 5) is 20.5. The molecule has 0 aliphatic heterocycles. The average molecular weight is 431 g/mol. The van der Waals surface area contributed by atoms with Gasteiger partial charge in [-0.05, 0) is 25.8 Å². The number of carboxylic acid groups (broad SMARTS) is 2. The summed E-state index contributed by atoms with van der Waals surface area (Å²) >= 11 is 0. The smallest absolute Gasteiger partial charge is 0.320 e. The molecule has 0 radical (unpaired) electrons. The van der Waals surface area contributed by atoms with Crippen LogP contribution >= 0.6 is 0 Å². The van der Waals surface area contributed by atoms with Crippen molar-refractivity contribution in [1.29, 1.82) is 0 Å².